The molecule has 0 N–H and O–H groups in total. The summed E-state index contributed by atoms with van der Waals surface area (Å²) in [5.74, 6) is 0. The topological polar surface area (TPSA) is 10.9 Å². The number of hydrazine groups is 1. The highest BCUT2D eigenvalue weighted by Crippen LogP contribution is 2.45. The molecule has 2 aromatic heterocycles. The van der Waals surface area contributed by atoms with Crippen molar-refractivity contribution in [3.8, 4) is 27.9 Å². The molecule has 1 aliphatic rings. The molecule has 3 atom stereocenters. The lowest BCUT2D eigenvalue weighted by Crippen LogP contribution is -2.07. The average Bonchev–Trinajstić information content (AvgIpc) is 3.59. The van der Waals surface area contributed by atoms with Gasteiger partial charge >= 0.3 is 0 Å². The quantitative estimate of drug-likeness (QED) is 0.145. The predicted molar refractivity (Wildman–Crippen MR) is 231 cm³/mol. The molecule has 11 rings (SSSR count). The SMILES string of the molecule is c1ccc(C[N@@]2C(c3ccc(-n4c5ccccc5c5cc(-c6cccc7c6sc6ccccc67)ccc54)cc3)[N@@]2Cc2cccc(-c3ccccc3)c2)cc1. The van der Waals surface area contributed by atoms with Crippen LogP contribution in [-0.2, 0) is 13.1 Å². The summed E-state index contributed by atoms with van der Waals surface area (Å²) in [4.78, 5) is 0. The molecular formula is C51H37N3S. The van der Waals surface area contributed by atoms with Gasteiger partial charge in [-0.2, -0.15) is 0 Å². The summed E-state index contributed by atoms with van der Waals surface area (Å²) in [5.41, 5.74) is 12.6. The fourth-order valence-corrected chi connectivity index (χ4v) is 9.81. The van der Waals surface area contributed by atoms with Gasteiger partial charge in [0.15, 0.2) is 0 Å². The maximum atomic E-state index is 2.51. The minimum absolute atomic E-state index is 0.201. The number of para-hydroxylation sites is 1. The third-order valence-corrected chi connectivity index (χ3v) is 12.5. The van der Waals surface area contributed by atoms with Crippen LogP contribution >= 0.6 is 11.3 Å². The van der Waals surface area contributed by atoms with Gasteiger partial charge in [-0.3, -0.25) is 0 Å². The van der Waals surface area contributed by atoms with Crippen molar-refractivity contribution >= 4 is 53.3 Å². The Morgan fingerprint density at radius 3 is 1.89 bits per heavy atom. The number of thiophene rings is 1. The van der Waals surface area contributed by atoms with Crippen molar-refractivity contribution in [3.63, 3.8) is 0 Å². The number of hydrogen-bond donors (Lipinski definition) is 0. The van der Waals surface area contributed by atoms with E-state index < -0.39 is 0 Å². The van der Waals surface area contributed by atoms with Gasteiger partial charge in [0.25, 0.3) is 0 Å². The summed E-state index contributed by atoms with van der Waals surface area (Å²) in [6, 6.07) is 71.1. The molecule has 8 aromatic carbocycles. The van der Waals surface area contributed by atoms with Crippen molar-refractivity contribution in [2.75, 3.05) is 0 Å². The molecule has 0 aliphatic carbocycles. The second-order valence-corrected chi connectivity index (χ2v) is 15.6. The van der Waals surface area contributed by atoms with Crippen molar-refractivity contribution in [1.82, 2.24) is 14.6 Å². The van der Waals surface area contributed by atoms with E-state index in [0.717, 1.165) is 13.1 Å². The van der Waals surface area contributed by atoms with Crippen LogP contribution in [0.2, 0.25) is 0 Å². The maximum Gasteiger partial charge on any atom is 0.116 e. The molecule has 4 heteroatoms. The van der Waals surface area contributed by atoms with E-state index in [1.807, 2.05) is 11.3 Å². The highest BCUT2D eigenvalue weighted by atomic mass is 32.1. The predicted octanol–water partition coefficient (Wildman–Crippen LogP) is 13.4. The van der Waals surface area contributed by atoms with Crippen molar-refractivity contribution in [2.45, 2.75) is 19.3 Å². The number of nitrogens with zero attached hydrogens (tertiary/aromatic N) is 3. The fourth-order valence-electron chi connectivity index (χ4n) is 8.57. The molecule has 0 radical (unpaired) electrons. The Balaban J connectivity index is 0.943. The van der Waals surface area contributed by atoms with Crippen LogP contribution in [0.3, 0.4) is 0 Å². The summed E-state index contributed by atoms with van der Waals surface area (Å²) >= 11 is 1.89. The van der Waals surface area contributed by atoms with Gasteiger partial charge in [0.2, 0.25) is 0 Å². The van der Waals surface area contributed by atoms with E-state index in [2.05, 4.69) is 209 Å². The summed E-state index contributed by atoms with van der Waals surface area (Å²) in [6.07, 6.45) is 0.201. The van der Waals surface area contributed by atoms with Gasteiger partial charge < -0.3 is 4.57 Å². The Bertz CT molecular complexity index is 3000. The molecular weight excluding hydrogens is 687 g/mol. The molecule has 0 bridgehead atoms. The molecule has 0 spiro atoms. The first-order valence-electron chi connectivity index (χ1n) is 19.0. The van der Waals surface area contributed by atoms with Gasteiger partial charge in [0.1, 0.15) is 6.17 Å². The zero-order valence-corrected chi connectivity index (χ0v) is 31.0. The van der Waals surface area contributed by atoms with E-state index in [4.69, 9.17) is 0 Å². The second kappa shape index (κ2) is 13.2. The van der Waals surface area contributed by atoms with E-state index >= 15 is 0 Å². The first kappa shape index (κ1) is 32.2. The smallest absolute Gasteiger partial charge is 0.116 e. The first-order chi connectivity index (χ1) is 27.3. The van der Waals surface area contributed by atoms with E-state index in [0.29, 0.717) is 0 Å². The Kier molecular flexibility index (Phi) is 7.73. The molecule has 1 saturated heterocycles. The zero-order valence-electron chi connectivity index (χ0n) is 30.2. The normalized spacial score (nSPS) is 16.7. The summed E-state index contributed by atoms with van der Waals surface area (Å²) in [7, 11) is 0. The molecule has 262 valence electrons. The van der Waals surface area contributed by atoms with E-state index in [9.17, 15) is 0 Å². The monoisotopic (exact) mass is 723 g/mol. The van der Waals surface area contributed by atoms with Gasteiger partial charge in [0.05, 0.1) is 11.0 Å². The zero-order chi connectivity index (χ0) is 36.3. The largest absolute Gasteiger partial charge is 0.309 e. The lowest BCUT2D eigenvalue weighted by Gasteiger charge is -2.10. The number of benzene rings is 8. The minimum Gasteiger partial charge on any atom is -0.309 e. The lowest BCUT2D eigenvalue weighted by atomic mass is 10.0. The molecule has 0 amide bonds. The van der Waals surface area contributed by atoms with Gasteiger partial charge in [-0.05, 0) is 81.4 Å². The van der Waals surface area contributed by atoms with Crippen LogP contribution in [0.4, 0.5) is 0 Å². The summed E-state index contributed by atoms with van der Waals surface area (Å²) in [5, 5.41) is 10.2. The number of aromatic nitrogens is 1. The van der Waals surface area contributed by atoms with Gasteiger partial charge in [-0.1, -0.05) is 152 Å². The maximum absolute atomic E-state index is 2.51. The molecule has 1 fully saturated rings. The average molecular weight is 724 g/mol. The van der Waals surface area contributed by atoms with Crippen molar-refractivity contribution in [1.29, 1.82) is 0 Å². The van der Waals surface area contributed by atoms with Crippen molar-refractivity contribution in [3.05, 3.63) is 211 Å². The number of hydrogen-bond acceptors (Lipinski definition) is 3. The molecule has 0 saturated carbocycles. The van der Waals surface area contributed by atoms with Gasteiger partial charge in [0, 0.05) is 49.7 Å². The lowest BCUT2D eigenvalue weighted by molar-refractivity contribution is 0.293. The molecule has 1 unspecified atom stereocenters. The van der Waals surface area contributed by atoms with Crippen LogP contribution in [0, 0.1) is 0 Å². The Labute approximate surface area is 324 Å². The molecule has 55 heavy (non-hydrogen) atoms. The highest BCUT2D eigenvalue weighted by Gasteiger charge is 2.45. The van der Waals surface area contributed by atoms with Crippen LogP contribution in [0.5, 0.6) is 0 Å². The molecule has 1 aliphatic heterocycles. The first-order valence-corrected chi connectivity index (χ1v) is 19.8. The van der Waals surface area contributed by atoms with Crippen LogP contribution in [-0.4, -0.2) is 14.6 Å². The second-order valence-electron chi connectivity index (χ2n) is 14.6. The van der Waals surface area contributed by atoms with Crippen molar-refractivity contribution < 1.29 is 0 Å². The standard InChI is InChI=1S/C51H37N3S/c1-3-13-35(14-4-1)33-52-51(53(52)34-36-15-11-18-39(31-36)37-16-5-2-6-17-37)38-25-28-41(29-26-38)54-47-23-9-7-19-43(47)46-32-40(27-30-48(46)54)42-21-12-22-45-44-20-8-10-24-49(44)55-50(42)45/h1-32,51H,33-34H2/t51?,52-,53+/m0/s1. The van der Waals surface area contributed by atoms with Gasteiger partial charge in [-0.25, -0.2) is 10.0 Å². The fraction of sp³-hybridized carbons (Fsp3) is 0.0588. The minimum atomic E-state index is 0.201. The summed E-state index contributed by atoms with van der Waals surface area (Å²) < 4.78 is 5.11. The molecule has 3 heterocycles. The Hall–Kier alpha value is -6.30. The Morgan fingerprint density at radius 1 is 0.418 bits per heavy atom. The summed E-state index contributed by atoms with van der Waals surface area (Å²) in [6.45, 7) is 1.72. The van der Waals surface area contributed by atoms with E-state index in [-0.39, 0.29) is 6.17 Å². The van der Waals surface area contributed by atoms with E-state index in [1.165, 1.54) is 86.6 Å². The number of rotatable bonds is 8. The third-order valence-electron chi connectivity index (χ3n) is 11.2. The number of fused-ring (bicyclic) bond motifs is 6. The van der Waals surface area contributed by atoms with Crippen LogP contribution < -0.4 is 0 Å². The Morgan fingerprint density at radius 2 is 1.05 bits per heavy atom. The molecule has 10 aromatic rings. The van der Waals surface area contributed by atoms with Crippen LogP contribution in [0.25, 0.3) is 69.9 Å². The van der Waals surface area contributed by atoms with Gasteiger partial charge in [-0.15, -0.1) is 11.3 Å². The highest BCUT2D eigenvalue weighted by molar-refractivity contribution is 7.26. The van der Waals surface area contributed by atoms with E-state index in [1.54, 1.807) is 0 Å². The molecule has 3 nitrogen and oxygen atoms in total. The van der Waals surface area contributed by atoms with Crippen molar-refractivity contribution in [2.24, 2.45) is 0 Å². The van der Waals surface area contributed by atoms with Crippen LogP contribution in [0.1, 0.15) is 22.9 Å². The van der Waals surface area contributed by atoms with Crippen LogP contribution in [0.15, 0.2) is 194 Å². The third kappa shape index (κ3) is 5.66.